The molecule has 0 aliphatic rings. The highest BCUT2D eigenvalue weighted by atomic mass is 32.1. The van der Waals surface area contributed by atoms with Gasteiger partial charge in [-0.3, -0.25) is 9.59 Å². The summed E-state index contributed by atoms with van der Waals surface area (Å²) in [6, 6.07) is 3.50. The number of hydrogen-bond acceptors (Lipinski definition) is 4. The third-order valence-electron chi connectivity index (χ3n) is 3.25. The van der Waals surface area contributed by atoms with Gasteiger partial charge in [0.1, 0.15) is 6.04 Å². The molecule has 0 aliphatic heterocycles. The molecule has 0 saturated carbocycles. The first kappa shape index (κ1) is 16.2. The lowest BCUT2D eigenvalue weighted by atomic mass is 10.0. The van der Waals surface area contributed by atoms with Crippen molar-refractivity contribution in [2.45, 2.75) is 26.3 Å². The Morgan fingerprint density at radius 3 is 2.59 bits per heavy atom. The van der Waals surface area contributed by atoms with Gasteiger partial charge in [0.05, 0.1) is 12.1 Å². The van der Waals surface area contributed by atoms with E-state index in [0.717, 1.165) is 0 Å². The molecular formula is C15H20N4O2S. The summed E-state index contributed by atoms with van der Waals surface area (Å²) in [6.45, 7) is 4.01. The largest absolute Gasteiger partial charge is 0.359 e. The highest BCUT2D eigenvalue weighted by Crippen LogP contribution is 2.22. The Labute approximate surface area is 133 Å². The molecule has 0 saturated heterocycles. The van der Waals surface area contributed by atoms with Crippen LogP contribution in [0, 0.1) is 5.92 Å². The average molecular weight is 320 g/mol. The molecule has 2 N–H and O–H groups in total. The number of likely N-dealkylation sites (N-methyl/N-ethyl adjacent to an activating group) is 1. The van der Waals surface area contributed by atoms with Gasteiger partial charge in [0.15, 0.2) is 5.13 Å². The quantitative estimate of drug-likeness (QED) is 0.855. The zero-order valence-corrected chi connectivity index (χ0v) is 13.7. The molecule has 0 spiro atoms. The summed E-state index contributed by atoms with van der Waals surface area (Å²) in [4.78, 5) is 28.1. The van der Waals surface area contributed by atoms with Crippen molar-refractivity contribution in [3.05, 3.63) is 35.6 Å². The Morgan fingerprint density at radius 2 is 2.00 bits per heavy atom. The van der Waals surface area contributed by atoms with Crippen molar-refractivity contribution in [3.8, 4) is 0 Å². The molecule has 0 bridgehead atoms. The van der Waals surface area contributed by atoms with Crippen LogP contribution in [0.4, 0.5) is 5.13 Å². The number of anilines is 1. The van der Waals surface area contributed by atoms with Gasteiger partial charge in [-0.1, -0.05) is 13.8 Å². The van der Waals surface area contributed by atoms with Crippen LogP contribution in [0.15, 0.2) is 29.9 Å². The minimum Gasteiger partial charge on any atom is -0.359 e. The normalized spacial score (nSPS) is 12.2. The smallest absolute Gasteiger partial charge is 0.249 e. The molecule has 0 aliphatic carbocycles. The summed E-state index contributed by atoms with van der Waals surface area (Å²) >= 11 is 1.32. The minimum absolute atomic E-state index is 0.101. The van der Waals surface area contributed by atoms with Crippen LogP contribution < -0.4 is 10.6 Å². The Balaban J connectivity index is 2.06. The van der Waals surface area contributed by atoms with E-state index in [1.165, 1.54) is 11.3 Å². The van der Waals surface area contributed by atoms with E-state index >= 15 is 0 Å². The third-order valence-corrected chi connectivity index (χ3v) is 4.06. The Hall–Kier alpha value is -2.15. The Morgan fingerprint density at radius 1 is 1.32 bits per heavy atom. The molecule has 2 aromatic rings. The van der Waals surface area contributed by atoms with Gasteiger partial charge in [-0.2, -0.15) is 0 Å². The van der Waals surface area contributed by atoms with Crippen LogP contribution in [0.1, 0.15) is 25.6 Å². The van der Waals surface area contributed by atoms with Crippen molar-refractivity contribution in [2.75, 3.05) is 12.4 Å². The van der Waals surface area contributed by atoms with Crippen molar-refractivity contribution in [3.63, 3.8) is 0 Å². The molecule has 2 aromatic heterocycles. The lowest BCUT2D eigenvalue weighted by Crippen LogP contribution is -2.29. The number of hydrogen-bond donors (Lipinski definition) is 2. The lowest BCUT2D eigenvalue weighted by Gasteiger charge is -2.21. The highest BCUT2D eigenvalue weighted by molar-refractivity contribution is 7.13. The maximum absolute atomic E-state index is 12.5. The fourth-order valence-corrected chi connectivity index (χ4v) is 2.91. The van der Waals surface area contributed by atoms with Crippen LogP contribution in [0.25, 0.3) is 0 Å². The standard InChI is InChI=1S/C15H20N4O2S/c1-10(2)13(19-6-4-5-7-19)14(21)18-15-17-11(9-22-15)8-12(20)16-3/h4-7,9-10,13H,8H2,1-3H3,(H,16,20)(H,17,18,21). The number of carbonyl (C=O) groups is 2. The van der Waals surface area contributed by atoms with E-state index in [0.29, 0.717) is 10.8 Å². The van der Waals surface area contributed by atoms with E-state index in [4.69, 9.17) is 0 Å². The first-order chi connectivity index (χ1) is 10.5. The van der Waals surface area contributed by atoms with Crippen LogP contribution in [0.5, 0.6) is 0 Å². The van der Waals surface area contributed by atoms with Gasteiger partial charge in [0, 0.05) is 24.8 Å². The molecule has 0 fully saturated rings. The van der Waals surface area contributed by atoms with E-state index in [2.05, 4.69) is 15.6 Å². The maximum Gasteiger partial charge on any atom is 0.249 e. The van der Waals surface area contributed by atoms with Gasteiger partial charge in [0.2, 0.25) is 11.8 Å². The van der Waals surface area contributed by atoms with Crippen LogP contribution >= 0.6 is 11.3 Å². The molecule has 0 radical (unpaired) electrons. The summed E-state index contributed by atoms with van der Waals surface area (Å²) in [5.74, 6) is -0.0553. The van der Waals surface area contributed by atoms with Crippen LogP contribution in [0.2, 0.25) is 0 Å². The molecule has 2 heterocycles. The van der Waals surface area contributed by atoms with Crippen LogP contribution in [0.3, 0.4) is 0 Å². The van der Waals surface area contributed by atoms with Gasteiger partial charge in [-0.15, -0.1) is 11.3 Å². The predicted octanol–water partition coefficient (Wildman–Crippen LogP) is 2.07. The molecule has 22 heavy (non-hydrogen) atoms. The highest BCUT2D eigenvalue weighted by Gasteiger charge is 2.24. The summed E-state index contributed by atoms with van der Waals surface area (Å²) in [6.07, 6.45) is 3.97. The number of carbonyl (C=O) groups excluding carboxylic acids is 2. The molecule has 2 rings (SSSR count). The van der Waals surface area contributed by atoms with Crippen molar-refractivity contribution in [1.82, 2.24) is 14.9 Å². The molecule has 6 nitrogen and oxygen atoms in total. The predicted molar refractivity (Wildman–Crippen MR) is 86.8 cm³/mol. The molecular weight excluding hydrogens is 300 g/mol. The van der Waals surface area contributed by atoms with E-state index in [-0.39, 0.29) is 30.2 Å². The average Bonchev–Trinajstić information content (AvgIpc) is 3.11. The maximum atomic E-state index is 12.5. The molecule has 118 valence electrons. The van der Waals surface area contributed by atoms with Crippen molar-refractivity contribution < 1.29 is 9.59 Å². The minimum atomic E-state index is -0.290. The summed E-state index contributed by atoms with van der Waals surface area (Å²) in [5.41, 5.74) is 0.654. The third kappa shape index (κ3) is 3.94. The fourth-order valence-electron chi connectivity index (χ4n) is 2.19. The molecule has 1 atom stereocenters. The monoisotopic (exact) mass is 320 g/mol. The summed E-state index contributed by atoms with van der Waals surface area (Å²) < 4.78 is 1.89. The number of amides is 2. The molecule has 0 aromatic carbocycles. The van der Waals surface area contributed by atoms with Crippen molar-refractivity contribution >= 4 is 28.3 Å². The van der Waals surface area contributed by atoms with Gasteiger partial charge < -0.3 is 15.2 Å². The second-order valence-corrected chi connectivity index (χ2v) is 6.16. The van der Waals surface area contributed by atoms with Crippen molar-refractivity contribution in [2.24, 2.45) is 5.92 Å². The Kier molecular flexibility index (Phi) is 5.32. The first-order valence-corrected chi connectivity index (χ1v) is 7.97. The van der Waals surface area contributed by atoms with Gasteiger partial charge in [-0.05, 0) is 18.1 Å². The number of rotatable bonds is 6. The topological polar surface area (TPSA) is 76.0 Å². The van der Waals surface area contributed by atoms with Gasteiger partial charge in [-0.25, -0.2) is 4.98 Å². The zero-order chi connectivity index (χ0) is 16.1. The van der Waals surface area contributed by atoms with Crippen LogP contribution in [-0.4, -0.2) is 28.4 Å². The molecule has 7 heteroatoms. The Bertz CT molecular complexity index is 634. The van der Waals surface area contributed by atoms with E-state index in [9.17, 15) is 9.59 Å². The van der Waals surface area contributed by atoms with E-state index in [1.807, 2.05) is 42.9 Å². The first-order valence-electron chi connectivity index (χ1n) is 7.09. The number of nitrogens with zero attached hydrogens (tertiary/aromatic N) is 2. The van der Waals surface area contributed by atoms with Crippen molar-refractivity contribution in [1.29, 1.82) is 0 Å². The van der Waals surface area contributed by atoms with Gasteiger partial charge >= 0.3 is 0 Å². The zero-order valence-electron chi connectivity index (χ0n) is 12.9. The molecule has 2 amide bonds. The number of thiazole rings is 1. The SMILES string of the molecule is CNC(=O)Cc1csc(NC(=O)C(C(C)C)n2cccc2)n1. The number of nitrogens with one attached hydrogen (secondary N) is 2. The van der Waals surface area contributed by atoms with Crippen LogP contribution in [-0.2, 0) is 16.0 Å². The number of aromatic nitrogens is 2. The van der Waals surface area contributed by atoms with Gasteiger partial charge in [0.25, 0.3) is 0 Å². The summed E-state index contributed by atoms with van der Waals surface area (Å²) in [7, 11) is 1.59. The summed E-state index contributed by atoms with van der Waals surface area (Å²) in [5, 5.41) is 7.69. The van der Waals surface area contributed by atoms with E-state index < -0.39 is 0 Å². The lowest BCUT2D eigenvalue weighted by molar-refractivity contribution is -0.121. The molecule has 1 unspecified atom stereocenters. The fraction of sp³-hybridized carbons (Fsp3) is 0.400. The second-order valence-electron chi connectivity index (χ2n) is 5.30. The van der Waals surface area contributed by atoms with E-state index in [1.54, 1.807) is 12.4 Å². The second kappa shape index (κ2) is 7.22.